The SMILES string of the molecule is O=C(CC(CO)CCO)c1ccccc1. The molecular formula is C12H16O3. The van der Waals surface area contributed by atoms with Gasteiger partial charge >= 0.3 is 0 Å². The third-order valence-electron chi connectivity index (χ3n) is 2.37. The van der Waals surface area contributed by atoms with Crippen molar-refractivity contribution in [3.8, 4) is 0 Å². The number of ketones is 1. The monoisotopic (exact) mass is 208 g/mol. The molecule has 0 amide bonds. The van der Waals surface area contributed by atoms with Gasteiger partial charge in [-0.1, -0.05) is 30.3 Å². The number of carbonyl (C=O) groups is 1. The predicted octanol–water partition coefficient (Wildman–Crippen LogP) is 1.25. The summed E-state index contributed by atoms with van der Waals surface area (Å²) in [5.41, 5.74) is 0.661. The smallest absolute Gasteiger partial charge is 0.163 e. The lowest BCUT2D eigenvalue weighted by atomic mass is 9.96. The highest BCUT2D eigenvalue weighted by atomic mass is 16.3. The number of benzene rings is 1. The summed E-state index contributed by atoms with van der Waals surface area (Å²) in [6.45, 7) is -0.0492. The van der Waals surface area contributed by atoms with E-state index in [0.717, 1.165) is 0 Å². The number of rotatable bonds is 6. The Hall–Kier alpha value is -1.19. The Kier molecular flexibility index (Phi) is 5.01. The maximum atomic E-state index is 11.7. The maximum Gasteiger partial charge on any atom is 0.163 e. The van der Waals surface area contributed by atoms with Crippen LogP contribution in [0.4, 0.5) is 0 Å². The Morgan fingerprint density at radius 1 is 1.20 bits per heavy atom. The van der Waals surface area contributed by atoms with Gasteiger partial charge in [0.05, 0.1) is 0 Å². The number of hydrogen-bond acceptors (Lipinski definition) is 3. The number of hydrogen-bond donors (Lipinski definition) is 2. The summed E-state index contributed by atoms with van der Waals surface area (Å²) in [5.74, 6) is -0.120. The second-order valence-corrected chi connectivity index (χ2v) is 3.55. The number of carbonyl (C=O) groups excluding carboxylic acids is 1. The van der Waals surface area contributed by atoms with E-state index >= 15 is 0 Å². The zero-order valence-electron chi connectivity index (χ0n) is 8.60. The van der Waals surface area contributed by atoms with Crippen molar-refractivity contribution < 1.29 is 15.0 Å². The Bertz CT molecular complexity index is 295. The molecule has 0 aliphatic carbocycles. The standard InChI is InChI=1S/C12H16O3/c13-7-6-10(9-14)8-12(15)11-4-2-1-3-5-11/h1-5,10,13-14H,6-9H2. The molecule has 1 aromatic rings. The van der Waals surface area contributed by atoms with E-state index in [1.807, 2.05) is 18.2 Å². The fraction of sp³-hybridized carbons (Fsp3) is 0.417. The largest absolute Gasteiger partial charge is 0.396 e. The maximum absolute atomic E-state index is 11.7. The van der Waals surface area contributed by atoms with Crippen LogP contribution in [0.15, 0.2) is 30.3 Å². The highest BCUT2D eigenvalue weighted by Crippen LogP contribution is 2.12. The average Bonchev–Trinajstić information content (AvgIpc) is 2.29. The molecule has 0 aromatic heterocycles. The van der Waals surface area contributed by atoms with Crippen molar-refractivity contribution in [2.24, 2.45) is 5.92 Å². The molecule has 0 saturated carbocycles. The van der Waals surface area contributed by atoms with Gasteiger partial charge in [-0.05, 0) is 12.3 Å². The Balaban J connectivity index is 2.55. The molecule has 3 nitrogen and oxygen atoms in total. The van der Waals surface area contributed by atoms with Gasteiger partial charge in [0.15, 0.2) is 5.78 Å². The molecule has 15 heavy (non-hydrogen) atoms. The molecule has 3 heteroatoms. The summed E-state index contributed by atoms with van der Waals surface area (Å²) >= 11 is 0. The lowest BCUT2D eigenvalue weighted by molar-refractivity contribution is 0.0919. The van der Waals surface area contributed by atoms with Crippen LogP contribution in [0.3, 0.4) is 0 Å². The summed E-state index contributed by atoms with van der Waals surface area (Å²) in [5, 5.41) is 17.7. The first-order valence-corrected chi connectivity index (χ1v) is 5.08. The van der Waals surface area contributed by atoms with E-state index in [4.69, 9.17) is 10.2 Å². The molecule has 0 radical (unpaired) electrons. The van der Waals surface area contributed by atoms with Gasteiger partial charge in [0.25, 0.3) is 0 Å². The van der Waals surface area contributed by atoms with Crippen molar-refractivity contribution in [1.82, 2.24) is 0 Å². The normalized spacial score (nSPS) is 12.4. The van der Waals surface area contributed by atoms with E-state index in [1.165, 1.54) is 0 Å². The van der Waals surface area contributed by atoms with Crippen LogP contribution in [-0.2, 0) is 0 Å². The minimum atomic E-state index is -0.136. The molecule has 1 atom stereocenters. The second-order valence-electron chi connectivity index (χ2n) is 3.55. The lowest BCUT2D eigenvalue weighted by Crippen LogP contribution is -2.14. The van der Waals surface area contributed by atoms with E-state index in [0.29, 0.717) is 18.4 Å². The van der Waals surface area contributed by atoms with Gasteiger partial charge < -0.3 is 10.2 Å². The molecule has 1 aromatic carbocycles. The van der Waals surface area contributed by atoms with E-state index in [1.54, 1.807) is 12.1 Å². The average molecular weight is 208 g/mol. The highest BCUT2D eigenvalue weighted by molar-refractivity contribution is 5.96. The van der Waals surface area contributed by atoms with Crippen LogP contribution in [0.25, 0.3) is 0 Å². The van der Waals surface area contributed by atoms with Gasteiger partial charge in [-0.3, -0.25) is 4.79 Å². The van der Waals surface area contributed by atoms with Crippen LogP contribution in [0, 0.1) is 5.92 Å². The molecule has 82 valence electrons. The summed E-state index contributed by atoms with van der Waals surface area (Å²) < 4.78 is 0. The van der Waals surface area contributed by atoms with Crippen LogP contribution in [0.5, 0.6) is 0 Å². The minimum absolute atomic E-state index is 0.00724. The van der Waals surface area contributed by atoms with Gasteiger partial charge in [-0.15, -0.1) is 0 Å². The summed E-state index contributed by atoms with van der Waals surface area (Å²) in [4.78, 5) is 11.7. The number of aliphatic hydroxyl groups excluding tert-OH is 2. The molecule has 0 aliphatic rings. The molecule has 0 aliphatic heterocycles. The second kappa shape index (κ2) is 6.32. The van der Waals surface area contributed by atoms with Crippen molar-refractivity contribution in [3.63, 3.8) is 0 Å². The first kappa shape index (κ1) is 11.9. The van der Waals surface area contributed by atoms with Gasteiger partial charge in [0.1, 0.15) is 0 Å². The fourth-order valence-corrected chi connectivity index (χ4v) is 1.44. The number of aliphatic hydroxyl groups is 2. The van der Waals surface area contributed by atoms with Crippen molar-refractivity contribution >= 4 is 5.78 Å². The minimum Gasteiger partial charge on any atom is -0.396 e. The quantitative estimate of drug-likeness (QED) is 0.692. The lowest BCUT2D eigenvalue weighted by Gasteiger charge is -2.11. The molecule has 0 fully saturated rings. The Labute approximate surface area is 89.4 Å². The van der Waals surface area contributed by atoms with Crippen molar-refractivity contribution in [2.45, 2.75) is 12.8 Å². The van der Waals surface area contributed by atoms with Gasteiger partial charge in [-0.25, -0.2) is 0 Å². The van der Waals surface area contributed by atoms with Crippen molar-refractivity contribution in [2.75, 3.05) is 13.2 Å². The molecular weight excluding hydrogens is 192 g/mol. The van der Waals surface area contributed by atoms with E-state index in [2.05, 4.69) is 0 Å². The third kappa shape index (κ3) is 3.81. The molecule has 1 unspecified atom stereocenters. The van der Waals surface area contributed by atoms with Gasteiger partial charge in [-0.2, -0.15) is 0 Å². The van der Waals surface area contributed by atoms with E-state index in [-0.39, 0.29) is 24.9 Å². The van der Waals surface area contributed by atoms with Gasteiger partial charge in [0.2, 0.25) is 0 Å². The topological polar surface area (TPSA) is 57.5 Å². The van der Waals surface area contributed by atoms with Crippen LogP contribution >= 0.6 is 0 Å². The third-order valence-corrected chi connectivity index (χ3v) is 2.37. The van der Waals surface area contributed by atoms with Crippen LogP contribution in [-0.4, -0.2) is 29.2 Å². The summed E-state index contributed by atoms with van der Waals surface area (Å²) in [6, 6.07) is 9.00. The first-order valence-electron chi connectivity index (χ1n) is 5.08. The Morgan fingerprint density at radius 2 is 1.87 bits per heavy atom. The van der Waals surface area contributed by atoms with Crippen LogP contribution < -0.4 is 0 Å². The van der Waals surface area contributed by atoms with Crippen LogP contribution in [0.2, 0.25) is 0 Å². The predicted molar refractivity (Wildman–Crippen MR) is 57.7 cm³/mol. The molecule has 1 rings (SSSR count). The zero-order chi connectivity index (χ0) is 11.1. The molecule has 0 heterocycles. The van der Waals surface area contributed by atoms with Gasteiger partial charge in [0, 0.05) is 25.2 Å². The first-order chi connectivity index (χ1) is 7.27. The number of Topliss-reactive ketones (excluding diaryl/α,β-unsaturated/α-hetero) is 1. The zero-order valence-corrected chi connectivity index (χ0v) is 8.60. The molecule has 0 saturated heterocycles. The fourth-order valence-electron chi connectivity index (χ4n) is 1.44. The Morgan fingerprint density at radius 3 is 2.40 bits per heavy atom. The van der Waals surface area contributed by atoms with E-state index in [9.17, 15) is 4.79 Å². The van der Waals surface area contributed by atoms with E-state index < -0.39 is 0 Å². The van der Waals surface area contributed by atoms with Crippen molar-refractivity contribution in [3.05, 3.63) is 35.9 Å². The molecule has 2 N–H and O–H groups in total. The van der Waals surface area contributed by atoms with Crippen LogP contribution in [0.1, 0.15) is 23.2 Å². The summed E-state index contributed by atoms with van der Waals surface area (Å²) in [7, 11) is 0. The molecule has 0 spiro atoms. The van der Waals surface area contributed by atoms with Crippen molar-refractivity contribution in [1.29, 1.82) is 0 Å². The molecule has 0 bridgehead atoms. The summed E-state index contributed by atoms with van der Waals surface area (Å²) in [6.07, 6.45) is 0.760. The highest BCUT2D eigenvalue weighted by Gasteiger charge is 2.13.